The molecule has 7 amide bonds. The van der Waals surface area contributed by atoms with Gasteiger partial charge in [-0.25, -0.2) is 0 Å². The molecule has 1 saturated heterocycles. The van der Waals surface area contributed by atoms with E-state index in [1.54, 1.807) is 32.0 Å². The van der Waals surface area contributed by atoms with Crippen LogP contribution in [0.3, 0.4) is 0 Å². The summed E-state index contributed by atoms with van der Waals surface area (Å²) in [5.74, 6) is -5.35. The van der Waals surface area contributed by atoms with E-state index in [1.807, 2.05) is 13.8 Å². The van der Waals surface area contributed by atoms with Gasteiger partial charge in [0.25, 0.3) is 0 Å². The molecule has 19 heteroatoms. The van der Waals surface area contributed by atoms with Crippen molar-refractivity contribution in [1.29, 1.82) is 0 Å². The lowest BCUT2D eigenvalue weighted by Crippen LogP contribution is -2.62. The summed E-state index contributed by atoms with van der Waals surface area (Å²) in [6.07, 6.45) is -3.77. The molecule has 14 nitrogen and oxygen atoms in total. The zero-order valence-electron chi connectivity index (χ0n) is 37.7. The lowest BCUT2D eigenvalue weighted by atomic mass is 9.72. The maximum atomic E-state index is 14.5. The Kier molecular flexibility index (Phi) is 19.6. The molecule has 1 heterocycles. The highest BCUT2D eigenvalue weighted by Crippen LogP contribution is 2.49. The lowest BCUT2D eigenvalue weighted by molar-refractivity contribution is -0.230. The van der Waals surface area contributed by atoms with Gasteiger partial charge in [0.1, 0.15) is 41.2 Å². The van der Waals surface area contributed by atoms with Crippen molar-refractivity contribution >= 4 is 64.6 Å². The first-order valence-corrected chi connectivity index (χ1v) is 22.8. The van der Waals surface area contributed by atoms with Crippen molar-refractivity contribution in [3.8, 4) is 0 Å². The number of rotatable bonds is 13. The van der Waals surface area contributed by atoms with E-state index < -0.39 is 88.7 Å². The Morgan fingerprint density at radius 3 is 2.13 bits per heavy atom. The number of benzene rings is 1. The fraction of sp³-hybridized carbons (Fsp3) is 0.705. The van der Waals surface area contributed by atoms with Crippen LogP contribution < -0.4 is 26.6 Å². The van der Waals surface area contributed by atoms with Crippen molar-refractivity contribution in [1.82, 2.24) is 36.4 Å². The second-order valence-electron chi connectivity index (χ2n) is 17.6. The third-order valence-electron chi connectivity index (χ3n) is 12.1. The van der Waals surface area contributed by atoms with Gasteiger partial charge in [0, 0.05) is 36.6 Å². The summed E-state index contributed by atoms with van der Waals surface area (Å²) in [4.78, 5) is 100. The number of halogens is 5. The van der Waals surface area contributed by atoms with Gasteiger partial charge in [-0.3, -0.25) is 33.6 Å². The molecule has 0 aromatic heterocycles. The number of likely N-dealkylation sites (N-methyl/N-ethyl adjacent to an activating group) is 2. The van der Waals surface area contributed by atoms with Gasteiger partial charge >= 0.3 is 6.18 Å². The van der Waals surface area contributed by atoms with Gasteiger partial charge < -0.3 is 36.4 Å². The van der Waals surface area contributed by atoms with Crippen LogP contribution in [0, 0.1) is 11.3 Å². The standard InChI is InChI=1S/C44H66Cl2F3N7O7/c1-9-30(53-41(63)43(44(47,48)49)20-14-12-15-21-43)35(57)51-31(10-2)39(61)56(11-3)33-17-13-16-22-50-40(62)42(6,7)54-37(59)34(25-27-24-28(45)18-19-29(27)46)55(8)38(60)32(23-26(4)5)52-36(33)58/h18-19,24,26,30-34H,9-17,20-23,25H2,1-8H3,(H,50,62)(H,51,57)(H,52,58)(H,53,63)(H,54,59)/t30-,31-,32-,33-,34-/m0/s1. The molecular formula is C44H66Cl2F3N7O7. The molecule has 5 atom stereocenters. The molecular weight excluding hydrogens is 866 g/mol. The predicted octanol–water partition coefficient (Wildman–Crippen LogP) is 5.61. The van der Waals surface area contributed by atoms with Gasteiger partial charge in [-0.15, -0.1) is 0 Å². The monoisotopic (exact) mass is 931 g/mol. The van der Waals surface area contributed by atoms with E-state index in [-0.39, 0.29) is 76.8 Å². The molecule has 0 unspecified atom stereocenters. The van der Waals surface area contributed by atoms with Crippen molar-refractivity contribution in [2.75, 3.05) is 20.1 Å². The molecule has 0 bridgehead atoms. The van der Waals surface area contributed by atoms with Crippen LogP contribution in [0.15, 0.2) is 18.2 Å². The molecule has 1 aromatic rings. The minimum atomic E-state index is -4.82. The summed E-state index contributed by atoms with van der Waals surface area (Å²) in [7, 11) is 1.42. The Morgan fingerprint density at radius 1 is 0.921 bits per heavy atom. The van der Waals surface area contributed by atoms with Crippen LogP contribution >= 0.6 is 23.2 Å². The first kappa shape index (κ1) is 53.2. The summed E-state index contributed by atoms with van der Waals surface area (Å²) in [6, 6.07) is -1.46. The zero-order valence-corrected chi connectivity index (χ0v) is 39.2. The van der Waals surface area contributed by atoms with E-state index in [9.17, 15) is 46.7 Å². The van der Waals surface area contributed by atoms with E-state index in [2.05, 4.69) is 26.6 Å². The number of carbonyl (C=O) groups is 7. The van der Waals surface area contributed by atoms with Crippen LogP contribution in [-0.2, 0) is 40.0 Å². The second-order valence-corrected chi connectivity index (χ2v) is 18.5. The van der Waals surface area contributed by atoms with Gasteiger partial charge in [0.15, 0.2) is 0 Å². The maximum Gasteiger partial charge on any atom is 0.403 e. The summed E-state index contributed by atoms with van der Waals surface area (Å²) in [5, 5.41) is 14.0. The number of hydrogen-bond donors (Lipinski definition) is 5. The molecule has 2 fully saturated rings. The molecule has 0 spiro atoms. The third-order valence-corrected chi connectivity index (χ3v) is 12.7. The number of alkyl halides is 3. The van der Waals surface area contributed by atoms with Crippen molar-refractivity contribution in [3.63, 3.8) is 0 Å². The van der Waals surface area contributed by atoms with E-state index in [0.717, 1.165) is 0 Å². The second kappa shape index (κ2) is 23.2. The third kappa shape index (κ3) is 13.7. The summed E-state index contributed by atoms with van der Waals surface area (Å²) >= 11 is 12.8. The van der Waals surface area contributed by atoms with Gasteiger partial charge in [0.2, 0.25) is 41.4 Å². The molecule has 1 aromatic carbocycles. The van der Waals surface area contributed by atoms with Gasteiger partial charge in [-0.2, -0.15) is 13.2 Å². The highest BCUT2D eigenvalue weighted by Gasteiger charge is 2.60. The number of carbonyl (C=O) groups excluding carboxylic acids is 7. The Morgan fingerprint density at radius 2 is 1.56 bits per heavy atom. The normalized spacial score (nSPS) is 22.6. The molecule has 1 saturated carbocycles. The Hall–Kier alpha value is -4.12. The van der Waals surface area contributed by atoms with Gasteiger partial charge in [-0.1, -0.05) is 70.2 Å². The van der Waals surface area contributed by atoms with Crippen molar-refractivity contribution in [3.05, 3.63) is 33.8 Å². The molecule has 354 valence electrons. The predicted molar refractivity (Wildman–Crippen MR) is 234 cm³/mol. The zero-order chi connectivity index (χ0) is 47.4. The highest BCUT2D eigenvalue weighted by atomic mass is 35.5. The number of hydrogen-bond acceptors (Lipinski definition) is 7. The van der Waals surface area contributed by atoms with Crippen LogP contribution in [0.4, 0.5) is 13.2 Å². The summed E-state index contributed by atoms with van der Waals surface area (Å²) in [6.45, 7) is 11.7. The molecule has 63 heavy (non-hydrogen) atoms. The van der Waals surface area contributed by atoms with Crippen LogP contribution in [0.5, 0.6) is 0 Å². The topological polar surface area (TPSA) is 186 Å². The lowest BCUT2D eigenvalue weighted by Gasteiger charge is -2.38. The van der Waals surface area contributed by atoms with Crippen LogP contribution in [0.2, 0.25) is 10.0 Å². The molecule has 3 rings (SSSR count). The van der Waals surface area contributed by atoms with Crippen molar-refractivity contribution in [2.24, 2.45) is 11.3 Å². The van der Waals surface area contributed by atoms with E-state index in [4.69, 9.17) is 23.2 Å². The van der Waals surface area contributed by atoms with Crippen LogP contribution in [0.25, 0.3) is 0 Å². The maximum absolute atomic E-state index is 14.5. The minimum Gasteiger partial charge on any atom is -0.354 e. The first-order chi connectivity index (χ1) is 29.4. The number of nitrogens with zero attached hydrogens (tertiary/aromatic N) is 2. The average Bonchev–Trinajstić information content (AvgIpc) is 3.22. The Bertz CT molecular complexity index is 1810. The van der Waals surface area contributed by atoms with Gasteiger partial charge in [0.05, 0.1) is 0 Å². The SMILES string of the molecule is CC[C@H](NC(=O)C1(C(F)(F)F)CCCCC1)C(=O)N[C@@H](CC)C(=O)N(CC)[C@H]1CCCCNC(=O)C(C)(C)NC(=O)[C@H](Cc2cc(Cl)ccc2Cl)N(C)C(=O)[C@H](CC(C)C)NC1=O. The first-order valence-electron chi connectivity index (χ1n) is 22.0. The van der Waals surface area contributed by atoms with E-state index >= 15 is 0 Å². The quantitative estimate of drug-likeness (QED) is 0.170. The Balaban J connectivity index is 1.98. The minimum absolute atomic E-state index is 0.0123. The van der Waals surface area contributed by atoms with Gasteiger partial charge in [-0.05, 0) is 102 Å². The average molecular weight is 933 g/mol. The van der Waals surface area contributed by atoms with E-state index in [0.29, 0.717) is 34.9 Å². The fourth-order valence-electron chi connectivity index (χ4n) is 8.22. The number of nitrogens with one attached hydrogen (secondary N) is 5. The van der Waals surface area contributed by atoms with Crippen LogP contribution in [-0.4, -0.2) is 113 Å². The molecule has 1 aliphatic carbocycles. The molecule has 2 aliphatic rings. The molecule has 5 N–H and O–H groups in total. The largest absolute Gasteiger partial charge is 0.403 e. The highest BCUT2D eigenvalue weighted by molar-refractivity contribution is 6.33. The Labute approximate surface area is 379 Å². The summed E-state index contributed by atoms with van der Waals surface area (Å²) < 4.78 is 43.0. The smallest absolute Gasteiger partial charge is 0.354 e. The van der Waals surface area contributed by atoms with E-state index in [1.165, 1.54) is 37.6 Å². The van der Waals surface area contributed by atoms with Crippen LogP contribution in [0.1, 0.15) is 125 Å². The fourth-order valence-corrected chi connectivity index (χ4v) is 8.61. The summed E-state index contributed by atoms with van der Waals surface area (Å²) in [5.41, 5.74) is -3.57. The number of amides is 7. The van der Waals surface area contributed by atoms with Crippen molar-refractivity contribution in [2.45, 2.75) is 167 Å². The molecule has 1 aliphatic heterocycles. The molecule has 0 radical (unpaired) electrons. The van der Waals surface area contributed by atoms with Crippen molar-refractivity contribution < 1.29 is 46.7 Å².